The van der Waals surface area contributed by atoms with Gasteiger partial charge in [0.2, 0.25) is 0 Å². The van der Waals surface area contributed by atoms with E-state index in [9.17, 15) is 9.59 Å². The minimum Gasteiger partial charge on any atom is -0.480 e. The van der Waals surface area contributed by atoms with Crippen LogP contribution in [0.5, 0.6) is 0 Å². The van der Waals surface area contributed by atoms with Crippen molar-refractivity contribution in [3.05, 3.63) is 47.8 Å². The highest BCUT2D eigenvalue weighted by Crippen LogP contribution is 2.17. The second-order valence-corrected chi connectivity index (χ2v) is 5.05. The third kappa shape index (κ3) is 3.92. The maximum Gasteiger partial charge on any atom is 0.325 e. The van der Waals surface area contributed by atoms with Gasteiger partial charge in [-0.05, 0) is 23.6 Å². The van der Waals surface area contributed by atoms with E-state index in [0.29, 0.717) is 17.2 Å². The molecule has 1 heterocycles. The molecule has 0 aliphatic carbocycles. The first-order valence-electron chi connectivity index (χ1n) is 6.61. The lowest BCUT2D eigenvalue weighted by Gasteiger charge is -2.07. The number of nitrogens with zero attached hydrogens (tertiary/aromatic N) is 2. The molecule has 1 aromatic carbocycles. The number of anilines is 1. The SMILES string of the molecule is CC(C)c1ccc(NC(=O)c2cnn(CC(=O)O)c2)cc1. The molecule has 6 heteroatoms. The minimum absolute atomic E-state index is 0.267. The molecule has 6 nitrogen and oxygen atoms in total. The van der Waals surface area contributed by atoms with E-state index in [4.69, 9.17) is 5.11 Å². The van der Waals surface area contributed by atoms with E-state index < -0.39 is 5.97 Å². The summed E-state index contributed by atoms with van der Waals surface area (Å²) in [6.45, 7) is 3.94. The lowest BCUT2D eigenvalue weighted by Crippen LogP contribution is -2.12. The van der Waals surface area contributed by atoms with Crippen molar-refractivity contribution in [3.63, 3.8) is 0 Å². The number of hydrogen-bond acceptors (Lipinski definition) is 3. The summed E-state index contributed by atoms with van der Waals surface area (Å²) in [6.07, 6.45) is 2.76. The molecule has 2 rings (SSSR count). The van der Waals surface area contributed by atoms with Gasteiger partial charge < -0.3 is 10.4 Å². The molecule has 1 aromatic heterocycles. The van der Waals surface area contributed by atoms with Gasteiger partial charge >= 0.3 is 5.97 Å². The van der Waals surface area contributed by atoms with E-state index in [1.807, 2.05) is 24.3 Å². The summed E-state index contributed by atoms with van der Waals surface area (Å²) in [6, 6.07) is 7.62. The number of carboxylic acids is 1. The first-order chi connectivity index (χ1) is 9.95. The number of rotatable bonds is 5. The summed E-state index contributed by atoms with van der Waals surface area (Å²) in [5.74, 6) is -0.887. The fraction of sp³-hybridized carbons (Fsp3) is 0.267. The number of aromatic nitrogens is 2. The van der Waals surface area contributed by atoms with Crippen LogP contribution in [0.1, 0.15) is 35.7 Å². The van der Waals surface area contributed by atoms with Crippen molar-refractivity contribution in [2.75, 3.05) is 5.32 Å². The van der Waals surface area contributed by atoms with Crippen molar-refractivity contribution < 1.29 is 14.7 Å². The summed E-state index contributed by atoms with van der Waals surface area (Å²) in [5, 5.41) is 15.2. The Hall–Kier alpha value is -2.63. The van der Waals surface area contributed by atoms with E-state index >= 15 is 0 Å². The Labute approximate surface area is 122 Å². The first-order valence-corrected chi connectivity index (χ1v) is 6.61. The van der Waals surface area contributed by atoms with Crippen LogP contribution < -0.4 is 5.32 Å². The minimum atomic E-state index is -1.01. The average Bonchev–Trinajstić information content (AvgIpc) is 2.87. The molecule has 2 aromatic rings. The Balaban J connectivity index is 2.03. The van der Waals surface area contributed by atoms with Crippen LogP contribution in [0.2, 0.25) is 0 Å². The summed E-state index contributed by atoms with van der Waals surface area (Å²) in [4.78, 5) is 22.6. The molecule has 110 valence electrons. The van der Waals surface area contributed by atoms with Crippen molar-refractivity contribution in [2.45, 2.75) is 26.3 Å². The van der Waals surface area contributed by atoms with Crippen LogP contribution in [0.3, 0.4) is 0 Å². The zero-order valence-corrected chi connectivity index (χ0v) is 11.9. The number of amides is 1. The van der Waals surface area contributed by atoms with Gasteiger partial charge in [0.25, 0.3) is 5.91 Å². The second-order valence-electron chi connectivity index (χ2n) is 5.05. The Morgan fingerprint density at radius 2 is 1.95 bits per heavy atom. The van der Waals surface area contributed by atoms with Crippen LogP contribution in [-0.2, 0) is 11.3 Å². The van der Waals surface area contributed by atoms with E-state index in [2.05, 4.69) is 24.3 Å². The summed E-state index contributed by atoms with van der Waals surface area (Å²) in [5.41, 5.74) is 2.21. The van der Waals surface area contributed by atoms with Crippen LogP contribution in [0.4, 0.5) is 5.69 Å². The molecular formula is C15H17N3O3. The molecule has 0 unspecified atom stereocenters. The zero-order chi connectivity index (χ0) is 15.4. The van der Waals surface area contributed by atoms with Crippen molar-refractivity contribution >= 4 is 17.6 Å². The van der Waals surface area contributed by atoms with Gasteiger partial charge in [0, 0.05) is 11.9 Å². The van der Waals surface area contributed by atoms with Crippen LogP contribution in [0.15, 0.2) is 36.7 Å². The molecule has 0 atom stereocenters. The van der Waals surface area contributed by atoms with Crippen molar-refractivity contribution in [1.82, 2.24) is 9.78 Å². The number of hydrogen-bond donors (Lipinski definition) is 2. The number of carbonyl (C=O) groups excluding carboxylic acids is 1. The van der Waals surface area contributed by atoms with Gasteiger partial charge in [0.15, 0.2) is 0 Å². The summed E-state index contributed by atoms with van der Waals surface area (Å²) >= 11 is 0. The Morgan fingerprint density at radius 3 is 2.52 bits per heavy atom. The predicted molar refractivity (Wildman–Crippen MR) is 78.3 cm³/mol. The number of benzene rings is 1. The number of nitrogens with one attached hydrogen (secondary N) is 1. The predicted octanol–water partition coefficient (Wildman–Crippen LogP) is 2.34. The van der Waals surface area contributed by atoms with Crippen LogP contribution in [-0.4, -0.2) is 26.8 Å². The van der Waals surface area contributed by atoms with Crippen LogP contribution in [0, 0.1) is 0 Å². The van der Waals surface area contributed by atoms with Crippen molar-refractivity contribution in [2.24, 2.45) is 0 Å². The highest BCUT2D eigenvalue weighted by atomic mass is 16.4. The van der Waals surface area contributed by atoms with Crippen molar-refractivity contribution in [3.8, 4) is 0 Å². The van der Waals surface area contributed by atoms with Crippen LogP contribution in [0.25, 0.3) is 0 Å². The molecule has 0 saturated carbocycles. The smallest absolute Gasteiger partial charge is 0.325 e. The number of carbonyl (C=O) groups is 2. The highest BCUT2D eigenvalue weighted by Gasteiger charge is 2.10. The van der Waals surface area contributed by atoms with Gasteiger partial charge in [-0.15, -0.1) is 0 Å². The van der Waals surface area contributed by atoms with Crippen molar-refractivity contribution in [1.29, 1.82) is 0 Å². The fourth-order valence-electron chi connectivity index (χ4n) is 1.86. The molecule has 0 aliphatic heterocycles. The Bertz CT molecular complexity index is 644. The molecule has 0 bridgehead atoms. The highest BCUT2D eigenvalue weighted by molar-refractivity contribution is 6.03. The first kappa shape index (κ1) is 14.8. The lowest BCUT2D eigenvalue weighted by atomic mass is 10.0. The van der Waals surface area contributed by atoms with Crippen LogP contribution >= 0.6 is 0 Å². The largest absolute Gasteiger partial charge is 0.480 e. The van der Waals surface area contributed by atoms with Gasteiger partial charge in [-0.1, -0.05) is 26.0 Å². The third-order valence-corrected chi connectivity index (χ3v) is 3.03. The summed E-state index contributed by atoms with van der Waals surface area (Å²) in [7, 11) is 0. The maximum absolute atomic E-state index is 12.0. The molecule has 1 amide bonds. The lowest BCUT2D eigenvalue weighted by molar-refractivity contribution is -0.137. The van der Waals surface area contributed by atoms with E-state index in [1.54, 1.807) is 0 Å². The molecular weight excluding hydrogens is 270 g/mol. The third-order valence-electron chi connectivity index (χ3n) is 3.03. The normalized spacial score (nSPS) is 10.6. The topological polar surface area (TPSA) is 84.2 Å². The average molecular weight is 287 g/mol. The van der Waals surface area contributed by atoms with Gasteiger partial charge in [-0.3, -0.25) is 14.3 Å². The van der Waals surface area contributed by atoms with E-state index in [0.717, 1.165) is 0 Å². The van der Waals surface area contributed by atoms with E-state index in [1.165, 1.54) is 22.6 Å². The molecule has 0 spiro atoms. The van der Waals surface area contributed by atoms with Gasteiger partial charge in [0.1, 0.15) is 6.54 Å². The quantitative estimate of drug-likeness (QED) is 0.884. The number of carboxylic acid groups (broad SMARTS) is 1. The fourth-order valence-corrected chi connectivity index (χ4v) is 1.86. The molecule has 2 N–H and O–H groups in total. The van der Waals surface area contributed by atoms with E-state index in [-0.39, 0.29) is 12.5 Å². The molecule has 0 aliphatic rings. The monoisotopic (exact) mass is 287 g/mol. The standard InChI is InChI=1S/C15H17N3O3/c1-10(2)11-3-5-13(6-4-11)17-15(21)12-7-16-18(8-12)9-14(19)20/h3-8,10H,9H2,1-2H3,(H,17,21)(H,19,20). The number of aliphatic carboxylic acids is 1. The Morgan fingerprint density at radius 1 is 1.29 bits per heavy atom. The van der Waals surface area contributed by atoms with Gasteiger partial charge in [-0.25, -0.2) is 0 Å². The maximum atomic E-state index is 12.0. The zero-order valence-electron chi connectivity index (χ0n) is 11.9. The second kappa shape index (κ2) is 6.21. The molecule has 0 fully saturated rings. The molecule has 0 saturated heterocycles. The molecule has 21 heavy (non-hydrogen) atoms. The summed E-state index contributed by atoms with van der Waals surface area (Å²) < 4.78 is 1.21. The van der Waals surface area contributed by atoms with Gasteiger partial charge in [0.05, 0.1) is 11.8 Å². The van der Waals surface area contributed by atoms with Gasteiger partial charge in [-0.2, -0.15) is 5.10 Å². The Kier molecular flexibility index (Phi) is 4.37. The molecule has 0 radical (unpaired) electrons.